The topological polar surface area (TPSA) is 38.7 Å². The molecular weight excluding hydrogens is 162 g/mol. The second-order valence-electron chi connectivity index (χ2n) is 2.64. The molecule has 1 saturated carbocycles. The molecule has 0 N–H and O–H groups in total. The minimum atomic E-state index is -0.213. The number of hydrogen-bond acceptors (Lipinski definition) is 4. The molecule has 60 valence electrons. The molecule has 1 aliphatic carbocycles. The Balaban J connectivity index is 1.87. The van der Waals surface area contributed by atoms with Gasteiger partial charge in [-0.15, -0.1) is 0 Å². The zero-order valence-electron chi connectivity index (χ0n) is 6.08. The number of ether oxygens (including phenoxy) is 1. The van der Waals surface area contributed by atoms with E-state index in [1.54, 1.807) is 0 Å². The van der Waals surface area contributed by atoms with E-state index in [4.69, 9.17) is 4.74 Å². The van der Waals surface area contributed by atoms with Crippen molar-refractivity contribution in [1.82, 2.24) is 0 Å². The molecule has 0 amide bonds. The van der Waals surface area contributed by atoms with Crippen molar-refractivity contribution in [2.45, 2.75) is 18.9 Å². The van der Waals surface area contributed by atoms with E-state index in [2.05, 4.69) is 4.99 Å². The van der Waals surface area contributed by atoms with E-state index < -0.39 is 0 Å². The van der Waals surface area contributed by atoms with Crippen molar-refractivity contribution in [3.63, 3.8) is 0 Å². The van der Waals surface area contributed by atoms with Gasteiger partial charge in [0.25, 0.3) is 0 Å². The number of rotatable bonds is 2. The largest absolute Gasteiger partial charge is 0.457 e. The van der Waals surface area contributed by atoms with E-state index in [0.717, 1.165) is 25.1 Å². The Morgan fingerprint density at radius 1 is 1.64 bits per heavy atom. The van der Waals surface area contributed by atoms with Gasteiger partial charge < -0.3 is 4.74 Å². The summed E-state index contributed by atoms with van der Waals surface area (Å²) in [7, 11) is 0. The normalized spacial score (nSPS) is 23.1. The van der Waals surface area contributed by atoms with E-state index in [-0.39, 0.29) is 12.1 Å². The van der Waals surface area contributed by atoms with Crippen molar-refractivity contribution in [2.24, 2.45) is 4.99 Å². The molecule has 0 spiro atoms. The molecule has 0 atom stereocenters. The Hall–Kier alpha value is -0.510. The van der Waals surface area contributed by atoms with Crippen molar-refractivity contribution < 1.29 is 9.53 Å². The summed E-state index contributed by atoms with van der Waals surface area (Å²) in [5.41, 5.74) is 0. The minimum Gasteiger partial charge on any atom is -0.457 e. The second-order valence-corrected chi connectivity index (χ2v) is 3.72. The van der Waals surface area contributed by atoms with Gasteiger partial charge in [0.05, 0.1) is 0 Å². The zero-order valence-corrected chi connectivity index (χ0v) is 6.89. The van der Waals surface area contributed by atoms with Crippen LogP contribution in [0.5, 0.6) is 0 Å². The Bertz CT molecular complexity index is 210. The van der Waals surface area contributed by atoms with E-state index >= 15 is 0 Å². The maximum Gasteiger partial charge on any atom is 0.363 e. The third-order valence-corrected chi connectivity index (χ3v) is 2.51. The summed E-state index contributed by atoms with van der Waals surface area (Å²) >= 11 is 1.50. The summed E-state index contributed by atoms with van der Waals surface area (Å²) in [4.78, 5) is 15.1. The average molecular weight is 171 g/mol. The molecule has 1 aliphatic heterocycles. The van der Waals surface area contributed by atoms with Crippen LogP contribution in [0.2, 0.25) is 0 Å². The van der Waals surface area contributed by atoms with Gasteiger partial charge in [0.2, 0.25) is 0 Å². The van der Waals surface area contributed by atoms with Crippen LogP contribution in [0.4, 0.5) is 0 Å². The van der Waals surface area contributed by atoms with Gasteiger partial charge in [-0.05, 0) is 12.8 Å². The lowest BCUT2D eigenvalue weighted by atomic mass is 10.7. The maximum atomic E-state index is 11.1. The minimum absolute atomic E-state index is 0.200. The number of esters is 1. The summed E-state index contributed by atoms with van der Waals surface area (Å²) in [5.74, 6) is 0.713. The fourth-order valence-electron chi connectivity index (χ4n) is 0.846. The lowest BCUT2D eigenvalue weighted by molar-refractivity contribution is -0.136. The van der Waals surface area contributed by atoms with Gasteiger partial charge in [-0.3, -0.25) is 4.99 Å². The highest BCUT2D eigenvalue weighted by atomic mass is 32.2. The Morgan fingerprint density at radius 2 is 2.45 bits per heavy atom. The highest BCUT2D eigenvalue weighted by Crippen LogP contribution is 2.25. The number of carbonyl (C=O) groups is 1. The standard InChI is InChI=1S/C7H9NO2S/c9-7(10-5-1-2-5)6-8-3-4-11-6/h5H,1-4H2. The van der Waals surface area contributed by atoms with Crippen LogP contribution in [-0.2, 0) is 9.53 Å². The first-order valence-corrected chi connectivity index (χ1v) is 4.73. The molecule has 11 heavy (non-hydrogen) atoms. The van der Waals surface area contributed by atoms with Crippen molar-refractivity contribution in [3.05, 3.63) is 0 Å². The number of carbonyl (C=O) groups excluding carboxylic acids is 1. The molecule has 0 bridgehead atoms. The highest BCUT2D eigenvalue weighted by molar-refractivity contribution is 8.16. The predicted molar refractivity (Wildman–Crippen MR) is 43.9 cm³/mol. The smallest absolute Gasteiger partial charge is 0.363 e. The Labute approximate surface area is 69.2 Å². The zero-order chi connectivity index (χ0) is 7.68. The molecule has 0 aromatic carbocycles. The number of nitrogens with zero attached hydrogens (tertiary/aromatic N) is 1. The molecule has 2 rings (SSSR count). The van der Waals surface area contributed by atoms with Crippen LogP contribution in [0.25, 0.3) is 0 Å². The fourth-order valence-corrected chi connectivity index (χ4v) is 1.57. The van der Waals surface area contributed by atoms with E-state index in [0.29, 0.717) is 5.04 Å². The van der Waals surface area contributed by atoms with Gasteiger partial charge in [0, 0.05) is 12.3 Å². The molecule has 0 aromatic rings. The first-order chi connectivity index (χ1) is 5.36. The van der Waals surface area contributed by atoms with Crippen LogP contribution >= 0.6 is 11.8 Å². The number of thioether (sulfide) groups is 1. The summed E-state index contributed by atoms with van der Waals surface area (Å²) in [6, 6.07) is 0. The van der Waals surface area contributed by atoms with Crippen LogP contribution in [0.1, 0.15) is 12.8 Å². The molecule has 1 heterocycles. The molecule has 0 unspecified atom stereocenters. The lowest BCUT2D eigenvalue weighted by Crippen LogP contribution is -2.13. The van der Waals surface area contributed by atoms with Crippen molar-refractivity contribution in [1.29, 1.82) is 0 Å². The third kappa shape index (κ3) is 1.74. The van der Waals surface area contributed by atoms with Crippen LogP contribution in [0, 0.1) is 0 Å². The molecule has 0 aromatic heterocycles. The van der Waals surface area contributed by atoms with E-state index in [1.807, 2.05) is 0 Å². The van der Waals surface area contributed by atoms with Crippen LogP contribution in [0.15, 0.2) is 4.99 Å². The van der Waals surface area contributed by atoms with E-state index in [9.17, 15) is 4.79 Å². The molecule has 1 fully saturated rings. The summed E-state index contributed by atoms with van der Waals surface area (Å²) < 4.78 is 5.05. The Kier molecular flexibility index (Phi) is 1.85. The molecule has 4 heteroatoms. The fraction of sp³-hybridized carbons (Fsp3) is 0.714. The highest BCUT2D eigenvalue weighted by Gasteiger charge is 2.28. The molecular formula is C7H9NO2S. The predicted octanol–water partition coefficient (Wildman–Crippen LogP) is 0.837. The van der Waals surface area contributed by atoms with Gasteiger partial charge in [-0.2, -0.15) is 0 Å². The van der Waals surface area contributed by atoms with Crippen molar-refractivity contribution in [2.75, 3.05) is 12.3 Å². The molecule has 0 saturated heterocycles. The van der Waals surface area contributed by atoms with Crippen LogP contribution in [0.3, 0.4) is 0 Å². The first kappa shape index (κ1) is 7.16. The van der Waals surface area contributed by atoms with E-state index in [1.165, 1.54) is 11.8 Å². The first-order valence-electron chi connectivity index (χ1n) is 3.74. The Morgan fingerprint density at radius 3 is 3.00 bits per heavy atom. The summed E-state index contributed by atoms with van der Waals surface area (Å²) in [6.07, 6.45) is 2.26. The van der Waals surface area contributed by atoms with Gasteiger partial charge in [0.15, 0.2) is 5.04 Å². The van der Waals surface area contributed by atoms with Gasteiger partial charge in [-0.25, -0.2) is 4.79 Å². The molecule has 3 nitrogen and oxygen atoms in total. The van der Waals surface area contributed by atoms with Crippen LogP contribution in [-0.4, -0.2) is 29.4 Å². The summed E-state index contributed by atoms with van der Waals surface area (Å²) in [6.45, 7) is 0.764. The SMILES string of the molecule is O=C(OC1CC1)C1=NCCS1. The second kappa shape index (κ2) is 2.85. The van der Waals surface area contributed by atoms with Crippen molar-refractivity contribution in [3.8, 4) is 0 Å². The van der Waals surface area contributed by atoms with Gasteiger partial charge in [0.1, 0.15) is 6.10 Å². The molecule has 2 aliphatic rings. The summed E-state index contributed by atoms with van der Waals surface area (Å²) in [5, 5.41) is 0.567. The molecule has 0 radical (unpaired) electrons. The number of hydrogen-bond donors (Lipinski definition) is 0. The van der Waals surface area contributed by atoms with Gasteiger partial charge in [-0.1, -0.05) is 11.8 Å². The average Bonchev–Trinajstić information content (AvgIpc) is 2.67. The third-order valence-electron chi connectivity index (χ3n) is 1.56. The maximum absolute atomic E-state index is 11.1. The quantitative estimate of drug-likeness (QED) is 0.578. The monoisotopic (exact) mass is 171 g/mol. The number of aliphatic imine (C=N–C) groups is 1. The van der Waals surface area contributed by atoms with Gasteiger partial charge >= 0.3 is 5.97 Å². The van der Waals surface area contributed by atoms with Crippen LogP contribution < -0.4 is 0 Å². The van der Waals surface area contributed by atoms with Crippen molar-refractivity contribution >= 4 is 22.8 Å². The lowest BCUT2D eigenvalue weighted by Gasteiger charge is -1.99.